The third-order valence-corrected chi connectivity index (χ3v) is 4.50. The summed E-state index contributed by atoms with van der Waals surface area (Å²) < 4.78 is 10.7. The van der Waals surface area contributed by atoms with Gasteiger partial charge >= 0.3 is 6.03 Å². The first-order valence-corrected chi connectivity index (χ1v) is 8.36. The van der Waals surface area contributed by atoms with E-state index in [9.17, 15) is 4.79 Å². The first kappa shape index (κ1) is 15.6. The molecule has 0 spiro atoms. The number of urea groups is 1. The third kappa shape index (κ3) is 3.73. The summed E-state index contributed by atoms with van der Waals surface area (Å²) in [5.41, 5.74) is 1.99. The van der Waals surface area contributed by atoms with Crippen LogP contribution in [0.15, 0.2) is 23.6 Å². The van der Waals surface area contributed by atoms with Crippen LogP contribution in [0.4, 0.5) is 4.79 Å². The molecule has 0 saturated carbocycles. The molecule has 0 aliphatic carbocycles. The fourth-order valence-corrected chi connectivity index (χ4v) is 3.05. The maximum Gasteiger partial charge on any atom is 0.318 e. The van der Waals surface area contributed by atoms with E-state index in [0.717, 1.165) is 27.8 Å². The van der Waals surface area contributed by atoms with Gasteiger partial charge in [-0.1, -0.05) is 6.07 Å². The highest BCUT2D eigenvalue weighted by Crippen LogP contribution is 2.32. The highest BCUT2D eigenvalue weighted by Gasteiger charge is 2.16. The van der Waals surface area contributed by atoms with E-state index in [-0.39, 0.29) is 12.8 Å². The number of thiazole rings is 1. The average molecular weight is 333 g/mol. The van der Waals surface area contributed by atoms with Crippen molar-refractivity contribution in [2.75, 3.05) is 13.3 Å². The topological polar surface area (TPSA) is 63.7 Å². The first-order valence-electron chi connectivity index (χ1n) is 7.48. The Hall–Kier alpha value is -2.28. The zero-order valence-electron chi connectivity index (χ0n) is 13.2. The number of aryl methyl sites for hydroxylation is 1. The summed E-state index contributed by atoms with van der Waals surface area (Å²) in [6.07, 6.45) is 0. The van der Waals surface area contributed by atoms with Crippen molar-refractivity contribution < 1.29 is 14.3 Å². The smallest absolute Gasteiger partial charge is 0.318 e. The van der Waals surface area contributed by atoms with Crippen molar-refractivity contribution in [3.8, 4) is 11.5 Å². The number of carbonyl (C=O) groups excluding carboxylic acids is 1. The molecule has 2 aromatic rings. The van der Waals surface area contributed by atoms with Crippen molar-refractivity contribution in [2.24, 2.45) is 0 Å². The molecule has 0 saturated heterocycles. The van der Waals surface area contributed by atoms with E-state index in [1.54, 1.807) is 16.2 Å². The molecular formula is C16H19N3O3S. The summed E-state index contributed by atoms with van der Waals surface area (Å²) in [5, 5.41) is 5.80. The van der Waals surface area contributed by atoms with E-state index in [2.05, 4.69) is 10.3 Å². The summed E-state index contributed by atoms with van der Waals surface area (Å²) in [6.45, 7) is 5.76. The van der Waals surface area contributed by atoms with Gasteiger partial charge in [-0.2, -0.15) is 0 Å². The minimum atomic E-state index is -0.0991. The lowest BCUT2D eigenvalue weighted by Gasteiger charge is -2.21. The molecule has 6 nitrogen and oxygen atoms in total. The second-order valence-corrected chi connectivity index (χ2v) is 6.19. The molecule has 0 fully saturated rings. The van der Waals surface area contributed by atoms with E-state index in [0.29, 0.717) is 19.6 Å². The largest absolute Gasteiger partial charge is 0.454 e. The van der Waals surface area contributed by atoms with Gasteiger partial charge in [0.2, 0.25) is 6.79 Å². The first-order chi connectivity index (χ1) is 11.2. The number of benzene rings is 1. The molecular weight excluding hydrogens is 314 g/mol. The maximum atomic E-state index is 12.3. The van der Waals surface area contributed by atoms with E-state index in [4.69, 9.17) is 9.47 Å². The molecule has 0 atom stereocenters. The van der Waals surface area contributed by atoms with Gasteiger partial charge in [-0.05, 0) is 31.5 Å². The number of hydrogen-bond acceptors (Lipinski definition) is 5. The molecule has 23 heavy (non-hydrogen) atoms. The van der Waals surface area contributed by atoms with Crippen LogP contribution in [0.1, 0.15) is 23.2 Å². The lowest BCUT2D eigenvalue weighted by atomic mass is 10.2. The molecule has 122 valence electrons. The van der Waals surface area contributed by atoms with Crippen LogP contribution in [-0.2, 0) is 13.1 Å². The maximum absolute atomic E-state index is 12.3. The molecule has 1 aliphatic heterocycles. The van der Waals surface area contributed by atoms with Crippen molar-refractivity contribution in [2.45, 2.75) is 26.9 Å². The lowest BCUT2D eigenvalue weighted by molar-refractivity contribution is 0.173. The Labute approximate surface area is 139 Å². The predicted molar refractivity (Wildman–Crippen MR) is 87.7 cm³/mol. The van der Waals surface area contributed by atoms with Gasteiger partial charge in [0.25, 0.3) is 0 Å². The van der Waals surface area contributed by atoms with Gasteiger partial charge in [0, 0.05) is 24.2 Å². The Morgan fingerprint density at radius 1 is 1.39 bits per heavy atom. The minimum absolute atomic E-state index is 0.0991. The number of ether oxygens (including phenoxy) is 2. The predicted octanol–water partition coefficient (Wildman–Crippen LogP) is 2.91. The zero-order chi connectivity index (χ0) is 16.2. The number of rotatable bonds is 5. The molecule has 2 amide bonds. The Kier molecular flexibility index (Phi) is 4.66. The molecule has 1 aliphatic rings. The van der Waals surface area contributed by atoms with Crippen LogP contribution in [0, 0.1) is 6.92 Å². The number of fused-ring (bicyclic) bond motifs is 1. The van der Waals surface area contributed by atoms with E-state index < -0.39 is 0 Å². The van der Waals surface area contributed by atoms with Gasteiger partial charge < -0.3 is 19.7 Å². The summed E-state index contributed by atoms with van der Waals surface area (Å²) in [7, 11) is 0. The van der Waals surface area contributed by atoms with Crippen molar-refractivity contribution >= 4 is 17.4 Å². The van der Waals surface area contributed by atoms with Gasteiger partial charge in [0.1, 0.15) is 5.01 Å². The van der Waals surface area contributed by atoms with Crippen LogP contribution >= 0.6 is 11.3 Å². The number of carbonyl (C=O) groups is 1. The number of amides is 2. The van der Waals surface area contributed by atoms with Crippen molar-refractivity contribution in [1.82, 2.24) is 15.2 Å². The second-order valence-electron chi connectivity index (χ2n) is 5.24. The van der Waals surface area contributed by atoms with Crippen molar-refractivity contribution in [3.05, 3.63) is 39.8 Å². The SMILES string of the molecule is CCN(Cc1ccc2c(c1)OCO2)C(=O)NCc1nc(C)cs1. The molecule has 7 heteroatoms. The zero-order valence-corrected chi connectivity index (χ0v) is 14.0. The second kappa shape index (κ2) is 6.87. The normalized spacial score (nSPS) is 12.3. The number of aromatic nitrogens is 1. The van der Waals surface area contributed by atoms with E-state index in [1.165, 1.54) is 0 Å². The minimum Gasteiger partial charge on any atom is -0.454 e. The van der Waals surface area contributed by atoms with Gasteiger partial charge in [-0.3, -0.25) is 0 Å². The standard InChI is InChI=1S/C16H19N3O3S/c1-3-19(16(20)17-7-15-18-11(2)9-23-15)8-12-4-5-13-14(6-12)22-10-21-13/h4-6,9H,3,7-8,10H2,1-2H3,(H,17,20). The van der Waals surface area contributed by atoms with E-state index in [1.807, 2.05) is 37.4 Å². The summed E-state index contributed by atoms with van der Waals surface area (Å²) in [6, 6.07) is 5.65. The van der Waals surface area contributed by atoms with E-state index >= 15 is 0 Å². The van der Waals surface area contributed by atoms with Crippen LogP contribution < -0.4 is 14.8 Å². The van der Waals surface area contributed by atoms with Gasteiger partial charge in [-0.15, -0.1) is 11.3 Å². The van der Waals surface area contributed by atoms with Crippen molar-refractivity contribution in [3.63, 3.8) is 0 Å². The Balaban J connectivity index is 1.59. The summed E-state index contributed by atoms with van der Waals surface area (Å²) in [5.74, 6) is 1.48. The third-order valence-electron chi connectivity index (χ3n) is 3.54. The lowest BCUT2D eigenvalue weighted by Crippen LogP contribution is -2.39. The van der Waals surface area contributed by atoms with Crippen LogP contribution in [0.2, 0.25) is 0 Å². The Bertz CT molecular complexity index is 702. The molecule has 1 aromatic carbocycles. The highest BCUT2D eigenvalue weighted by molar-refractivity contribution is 7.09. The molecule has 2 heterocycles. The molecule has 1 aromatic heterocycles. The monoisotopic (exact) mass is 333 g/mol. The van der Waals surface area contributed by atoms with Crippen molar-refractivity contribution in [1.29, 1.82) is 0 Å². The van der Waals surface area contributed by atoms with Crippen LogP contribution in [0.3, 0.4) is 0 Å². The fourth-order valence-electron chi connectivity index (χ4n) is 2.33. The molecule has 1 N–H and O–H groups in total. The Morgan fingerprint density at radius 2 is 2.22 bits per heavy atom. The van der Waals surface area contributed by atoms with Crippen LogP contribution in [0.25, 0.3) is 0 Å². The molecule has 0 radical (unpaired) electrons. The van der Waals surface area contributed by atoms with Crippen LogP contribution in [-0.4, -0.2) is 29.3 Å². The molecule has 0 unspecified atom stereocenters. The van der Waals surface area contributed by atoms with Gasteiger partial charge in [0.15, 0.2) is 11.5 Å². The molecule has 0 bridgehead atoms. The van der Waals surface area contributed by atoms with Gasteiger partial charge in [0.05, 0.1) is 6.54 Å². The number of nitrogens with zero attached hydrogens (tertiary/aromatic N) is 2. The summed E-state index contributed by atoms with van der Waals surface area (Å²) >= 11 is 1.55. The Morgan fingerprint density at radius 3 is 2.96 bits per heavy atom. The number of hydrogen-bond donors (Lipinski definition) is 1. The highest BCUT2D eigenvalue weighted by atomic mass is 32.1. The number of nitrogens with one attached hydrogen (secondary N) is 1. The fraction of sp³-hybridized carbons (Fsp3) is 0.375. The molecule has 3 rings (SSSR count). The van der Waals surface area contributed by atoms with Gasteiger partial charge in [-0.25, -0.2) is 9.78 Å². The quantitative estimate of drug-likeness (QED) is 0.914. The van der Waals surface area contributed by atoms with Crippen LogP contribution in [0.5, 0.6) is 11.5 Å². The average Bonchev–Trinajstić information content (AvgIpc) is 3.18. The summed E-state index contributed by atoms with van der Waals surface area (Å²) in [4.78, 5) is 18.4.